The van der Waals surface area contributed by atoms with Crippen LogP contribution >= 0.6 is 0 Å². The second-order valence-corrected chi connectivity index (χ2v) is 6.74. The van der Waals surface area contributed by atoms with E-state index in [1.807, 2.05) is 0 Å². The third-order valence-electron chi connectivity index (χ3n) is 3.69. The molecule has 0 atom stereocenters. The molecule has 0 radical (unpaired) electrons. The first-order valence-electron chi connectivity index (χ1n) is 7.87. The number of aromatic nitrogens is 2. The van der Waals surface area contributed by atoms with Crippen molar-refractivity contribution in [3.05, 3.63) is 17.8 Å². The van der Waals surface area contributed by atoms with E-state index in [2.05, 4.69) is 53.3 Å². The summed E-state index contributed by atoms with van der Waals surface area (Å²) in [5, 5.41) is 12.2. The third kappa shape index (κ3) is 5.08. The lowest BCUT2D eigenvalue weighted by atomic mass is 10.1. The Kier molecular flexibility index (Phi) is 5.35. The van der Waals surface area contributed by atoms with Crippen LogP contribution in [0.3, 0.4) is 0 Å². The number of rotatable bonds is 3. The molecule has 4 heteroatoms. The molecular formula is C16H28N4. The minimum atomic E-state index is 0.114. The molecule has 0 saturated carbocycles. The fourth-order valence-electron chi connectivity index (χ4n) is 2.45. The van der Waals surface area contributed by atoms with Crippen molar-refractivity contribution in [3.8, 4) is 0 Å². The van der Waals surface area contributed by atoms with Gasteiger partial charge in [-0.05, 0) is 45.7 Å². The molecule has 0 aliphatic carbocycles. The van der Waals surface area contributed by atoms with E-state index < -0.39 is 0 Å². The van der Waals surface area contributed by atoms with Crippen LogP contribution in [0.4, 0.5) is 5.82 Å². The van der Waals surface area contributed by atoms with Gasteiger partial charge in [-0.15, -0.1) is 5.10 Å². The molecule has 1 saturated heterocycles. The average Bonchev–Trinajstić information content (AvgIpc) is 2.36. The molecule has 112 valence electrons. The Bertz CT molecular complexity index is 386. The normalized spacial score (nSPS) is 17.6. The van der Waals surface area contributed by atoms with E-state index in [1.54, 1.807) is 0 Å². The molecule has 2 heterocycles. The van der Waals surface area contributed by atoms with Gasteiger partial charge in [-0.2, -0.15) is 5.10 Å². The highest BCUT2D eigenvalue weighted by Gasteiger charge is 2.12. The molecule has 0 bridgehead atoms. The second kappa shape index (κ2) is 7.02. The highest BCUT2D eigenvalue weighted by atomic mass is 15.3. The average molecular weight is 276 g/mol. The molecule has 1 N–H and O–H groups in total. The van der Waals surface area contributed by atoms with E-state index in [4.69, 9.17) is 0 Å². The minimum absolute atomic E-state index is 0.114. The van der Waals surface area contributed by atoms with E-state index in [9.17, 15) is 0 Å². The van der Waals surface area contributed by atoms with E-state index in [0.29, 0.717) is 0 Å². The first-order chi connectivity index (χ1) is 9.54. The number of nitrogens with zero attached hydrogens (tertiary/aromatic N) is 3. The van der Waals surface area contributed by atoms with Crippen LogP contribution in [0.5, 0.6) is 0 Å². The Hall–Kier alpha value is -1.16. The number of anilines is 1. The van der Waals surface area contributed by atoms with Crippen LogP contribution in [0.1, 0.15) is 58.6 Å². The highest BCUT2D eigenvalue weighted by Crippen LogP contribution is 2.16. The van der Waals surface area contributed by atoms with Crippen LogP contribution < -0.4 is 10.2 Å². The van der Waals surface area contributed by atoms with Crippen molar-refractivity contribution in [1.82, 2.24) is 15.5 Å². The maximum Gasteiger partial charge on any atom is 0.151 e. The van der Waals surface area contributed by atoms with Gasteiger partial charge >= 0.3 is 0 Å². The van der Waals surface area contributed by atoms with Gasteiger partial charge in [-0.25, -0.2) is 0 Å². The molecular weight excluding hydrogens is 248 g/mol. The van der Waals surface area contributed by atoms with Crippen molar-refractivity contribution in [1.29, 1.82) is 0 Å². The summed E-state index contributed by atoms with van der Waals surface area (Å²) in [6.45, 7) is 9.50. The summed E-state index contributed by atoms with van der Waals surface area (Å²) >= 11 is 0. The van der Waals surface area contributed by atoms with Crippen LogP contribution in [0.2, 0.25) is 0 Å². The topological polar surface area (TPSA) is 41.0 Å². The smallest absolute Gasteiger partial charge is 0.151 e. The molecule has 1 fully saturated rings. The number of hydrogen-bond acceptors (Lipinski definition) is 4. The highest BCUT2D eigenvalue weighted by molar-refractivity contribution is 5.37. The summed E-state index contributed by atoms with van der Waals surface area (Å²) < 4.78 is 0. The lowest BCUT2D eigenvalue weighted by Gasteiger charge is -2.25. The van der Waals surface area contributed by atoms with Gasteiger partial charge in [-0.3, -0.25) is 0 Å². The fourth-order valence-corrected chi connectivity index (χ4v) is 2.45. The Labute approximate surface area is 123 Å². The predicted molar refractivity (Wildman–Crippen MR) is 83.9 cm³/mol. The molecule has 1 aromatic rings. The van der Waals surface area contributed by atoms with E-state index in [0.717, 1.165) is 31.1 Å². The van der Waals surface area contributed by atoms with Crippen molar-refractivity contribution in [3.63, 3.8) is 0 Å². The van der Waals surface area contributed by atoms with Gasteiger partial charge < -0.3 is 10.2 Å². The zero-order valence-electron chi connectivity index (χ0n) is 13.2. The lowest BCUT2D eigenvalue weighted by Crippen LogP contribution is -2.35. The SMILES string of the molecule is CC(C)(C)NCc1ccc(N2CCCCCCC2)nn1. The molecule has 4 nitrogen and oxygen atoms in total. The third-order valence-corrected chi connectivity index (χ3v) is 3.69. The van der Waals surface area contributed by atoms with E-state index >= 15 is 0 Å². The summed E-state index contributed by atoms with van der Waals surface area (Å²) in [6.07, 6.45) is 6.62. The number of nitrogens with one attached hydrogen (secondary N) is 1. The molecule has 0 amide bonds. The van der Waals surface area contributed by atoms with Crippen LogP contribution in [0, 0.1) is 0 Å². The monoisotopic (exact) mass is 276 g/mol. The predicted octanol–water partition coefficient (Wildman–Crippen LogP) is 3.14. The zero-order valence-corrected chi connectivity index (χ0v) is 13.2. The largest absolute Gasteiger partial charge is 0.355 e. The summed E-state index contributed by atoms with van der Waals surface area (Å²) in [5.74, 6) is 1.03. The molecule has 0 spiro atoms. The maximum absolute atomic E-state index is 4.41. The van der Waals surface area contributed by atoms with E-state index in [1.165, 1.54) is 32.1 Å². The van der Waals surface area contributed by atoms with Gasteiger partial charge in [0.05, 0.1) is 5.69 Å². The quantitative estimate of drug-likeness (QED) is 0.921. The summed E-state index contributed by atoms with van der Waals surface area (Å²) in [7, 11) is 0. The van der Waals surface area contributed by atoms with Gasteiger partial charge in [0.2, 0.25) is 0 Å². The van der Waals surface area contributed by atoms with Crippen molar-refractivity contribution in [2.75, 3.05) is 18.0 Å². The van der Waals surface area contributed by atoms with Gasteiger partial charge in [0, 0.05) is 25.2 Å². The lowest BCUT2D eigenvalue weighted by molar-refractivity contribution is 0.420. The minimum Gasteiger partial charge on any atom is -0.355 e. The van der Waals surface area contributed by atoms with Gasteiger partial charge in [0.1, 0.15) is 0 Å². The van der Waals surface area contributed by atoms with E-state index in [-0.39, 0.29) is 5.54 Å². The molecule has 0 unspecified atom stereocenters. The van der Waals surface area contributed by atoms with Gasteiger partial charge in [0.15, 0.2) is 5.82 Å². The fraction of sp³-hybridized carbons (Fsp3) is 0.750. The van der Waals surface area contributed by atoms with Gasteiger partial charge in [-0.1, -0.05) is 19.3 Å². The van der Waals surface area contributed by atoms with Crippen molar-refractivity contribution >= 4 is 5.82 Å². The van der Waals surface area contributed by atoms with Crippen molar-refractivity contribution in [2.45, 2.75) is 65.0 Å². The standard InChI is InChI=1S/C16H28N4/c1-16(2,3)17-13-14-9-10-15(19-18-14)20-11-7-5-4-6-8-12-20/h9-10,17H,4-8,11-13H2,1-3H3. The number of hydrogen-bond donors (Lipinski definition) is 1. The van der Waals surface area contributed by atoms with Gasteiger partial charge in [0.25, 0.3) is 0 Å². The molecule has 1 aliphatic heterocycles. The van der Waals surface area contributed by atoms with Crippen molar-refractivity contribution < 1.29 is 0 Å². The second-order valence-electron chi connectivity index (χ2n) is 6.74. The Morgan fingerprint density at radius 3 is 2.20 bits per heavy atom. The summed E-state index contributed by atoms with van der Waals surface area (Å²) in [6, 6.07) is 4.22. The van der Waals surface area contributed by atoms with Crippen LogP contribution in [-0.4, -0.2) is 28.8 Å². The molecule has 20 heavy (non-hydrogen) atoms. The molecule has 0 aromatic carbocycles. The Balaban J connectivity index is 1.92. The maximum atomic E-state index is 4.41. The van der Waals surface area contributed by atoms with Crippen molar-refractivity contribution in [2.24, 2.45) is 0 Å². The molecule has 1 aliphatic rings. The molecule has 1 aromatic heterocycles. The summed E-state index contributed by atoms with van der Waals surface area (Å²) in [4.78, 5) is 2.38. The zero-order chi connectivity index (χ0) is 14.4. The first kappa shape index (κ1) is 15.2. The molecule has 2 rings (SSSR count). The van der Waals surface area contributed by atoms with Crippen LogP contribution in [0.25, 0.3) is 0 Å². The summed E-state index contributed by atoms with van der Waals surface area (Å²) in [5.41, 5.74) is 1.12. The first-order valence-corrected chi connectivity index (χ1v) is 7.87. The Morgan fingerprint density at radius 1 is 1.00 bits per heavy atom. The Morgan fingerprint density at radius 2 is 1.65 bits per heavy atom. The van der Waals surface area contributed by atoms with Crippen LogP contribution in [0.15, 0.2) is 12.1 Å². The van der Waals surface area contributed by atoms with Crippen LogP contribution in [-0.2, 0) is 6.54 Å².